The first-order valence-corrected chi connectivity index (χ1v) is 4.50. The van der Waals surface area contributed by atoms with Gasteiger partial charge < -0.3 is 10.1 Å². The van der Waals surface area contributed by atoms with E-state index in [-0.39, 0.29) is 6.04 Å². The van der Waals surface area contributed by atoms with Crippen molar-refractivity contribution >= 4 is 0 Å². The number of rotatable bonds is 4. The zero-order chi connectivity index (χ0) is 9.84. The molecule has 1 rings (SSSR count). The van der Waals surface area contributed by atoms with E-state index in [2.05, 4.69) is 24.3 Å². The van der Waals surface area contributed by atoms with Gasteiger partial charge in [0, 0.05) is 7.05 Å². The number of nitrogens with one attached hydrogen (secondary N) is 1. The number of methoxy groups -OCH3 is 1. The smallest absolute Gasteiger partial charge is 0.161 e. The Hall–Kier alpha value is -1.03. The van der Waals surface area contributed by atoms with E-state index in [0.717, 1.165) is 18.0 Å². The molecule has 1 unspecified atom stereocenters. The number of ether oxygens (including phenoxy) is 1. The first-order valence-electron chi connectivity index (χ1n) is 4.50. The fourth-order valence-corrected chi connectivity index (χ4v) is 1.48. The highest BCUT2D eigenvalue weighted by Gasteiger charge is 2.14. The van der Waals surface area contributed by atoms with E-state index in [1.807, 2.05) is 11.7 Å². The topological polar surface area (TPSA) is 39.1 Å². The van der Waals surface area contributed by atoms with Crippen LogP contribution in [0.25, 0.3) is 0 Å². The monoisotopic (exact) mass is 183 g/mol. The summed E-state index contributed by atoms with van der Waals surface area (Å²) in [7, 11) is 3.59. The van der Waals surface area contributed by atoms with Gasteiger partial charge in [-0.05, 0) is 13.5 Å². The number of nitrogens with zero attached hydrogens (tertiary/aromatic N) is 2. The van der Waals surface area contributed by atoms with Crippen molar-refractivity contribution in [3.8, 4) is 5.75 Å². The Bertz CT molecular complexity index is 270. The highest BCUT2D eigenvalue weighted by molar-refractivity contribution is 5.27. The summed E-state index contributed by atoms with van der Waals surface area (Å²) in [4.78, 5) is 0. The molecule has 1 atom stereocenters. The Kier molecular flexibility index (Phi) is 3.31. The predicted octanol–water partition coefficient (Wildman–Crippen LogP) is 1.10. The van der Waals surface area contributed by atoms with Crippen LogP contribution in [0.4, 0.5) is 0 Å². The van der Waals surface area contributed by atoms with Crippen molar-refractivity contribution in [3.05, 3.63) is 11.9 Å². The minimum Gasteiger partial charge on any atom is -0.493 e. The van der Waals surface area contributed by atoms with Gasteiger partial charge in [0.25, 0.3) is 0 Å². The van der Waals surface area contributed by atoms with Crippen LogP contribution in [0.3, 0.4) is 0 Å². The molecule has 0 bridgehead atoms. The molecule has 0 saturated carbocycles. The molecule has 0 aliphatic carbocycles. The average molecular weight is 183 g/mol. The molecule has 4 heteroatoms. The molecule has 4 nitrogen and oxygen atoms in total. The molecule has 1 aromatic rings. The molecule has 0 amide bonds. The highest BCUT2D eigenvalue weighted by atomic mass is 16.5. The summed E-state index contributed by atoms with van der Waals surface area (Å²) in [5.74, 6) is 0.843. The summed E-state index contributed by atoms with van der Waals surface area (Å²) >= 11 is 0. The fourth-order valence-electron chi connectivity index (χ4n) is 1.48. The second-order valence-electron chi connectivity index (χ2n) is 3.00. The fraction of sp³-hybridized carbons (Fsp3) is 0.667. The molecule has 0 saturated heterocycles. The first-order chi connectivity index (χ1) is 6.20. The van der Waals surface area contributed by atoms with E-state index in [0.29, 0.717) is 0 Å². The largest absolute Gasteiger partial charge is 0.493 e. The van der Waals surface area contributed by atoms with E-state index >= 15 is 0 Å². The standard InChI is InChI=1S/C9H17N3O/c1-5-10-7(2)9-8(13-4)6-11-12(9)3/h6-7,10H,5H2,1-4H3. The van der Waals surface area contributed by atoms with Crippen LogP contribution < -0.4 is 10.1 Å². The van der Waals surface area contributed by atoms with E-state index in [1.54, 1.807) is 13.3 Å². The van der Waals surface area contributed by atoms with Crippen LogP contribution in [0.2, 0.25) is 0 Å². The van der Waals surface area contributed by atoms with Crippen LogP contribution >= 0.6 is 0 Å². The third kappa shape index (κ3) is 2.01. The quantitative estimate of drug-likeness (QED) is 0.759. The van der Waals surface area contributed by atoms with E-state index in [4.69, 9.17) is 4.74 Å². The molecule has 0 fully saturated rings. The van der Waals surface area contributed by atoms with Crippen LogP contribution in [-0.2, 0) is 7.05 Å². The molecule has 1 heterocycles. The minimum absolute atomic E-state index is 0.271. The number of hydrogen-bond donors (Lipinski definition) is 1. The molecule has 13 heavy (non-hydrogen) atoms. The van der Waals surface area contributed by atoms with Crippen LogP contribution in [-0.4, -0.2) is 23.4 Å². The summed E-state index contributed by atoms with van der Waals surface area (Å²) in [6.45, 7) is 5.12. The highest BCUT2D eigenvalue weighted by Crippen LogP contribution is 2.23. The number of aryl methyl sites for hydroxylation is 1. The lowest BCUT2D eigenvalue weighted by molar-refractivity contribution is 0.398. The Balaban J connectivity index is 2.89. The van der Waals surface area contributed by atoms with Crippen molar-refractivity contribution in [3.63, 3.8) is 0 Å². The maximum atomic E-state index is 5.21. The predicted molar refractivity (Wildman–Crippen MR) is 51.9 cm³/mol. The van der Waals surface area contributed by atoms with E-state index in [9.17, 15) is 0 Å². The van der Waals surface area contributed by atoms with E-state index in [1.165, 1.54) is 0 Å². The molecule has 74 valence electrons. The lowest BCUT2D eigenvalue weighted by atomic mass is 10.2. The molecular formula is C9H17N3O. The lowest BCUT2D eigenvalue weighted by Crippen LogP contribution is -2.20. The molecular weight excluding hydrogens is 166 g/mol. The minimum atomic E-state index is 0.271. The summed E-state index contributed by atoms with van der Waals surface area (Å²) in [5.41, 5.74) is 1.09. The molecule has 0 aliphatic rings. The van der Waals surface area contributed by atoms with Crippen molar-refractivity contribution in [2.45, 2.75) is 19.9 Å². The Morgan fingerprint density at radius 3 is 2.92 bits per heavy atom. The number of hydrogen-bond acceptors (Lipinski definition) is 3. The van der Waals surface area contributed by atoms with Gasteiger partial charge in [-0.15, -0.1) is 0 Å². The van der Waals surface area contributed by atoms with Gasteiger partial charge in [0.1, 0.15) is 0 Å². The van der Waals surface area contributed by atoms with Gasteiger partial charge in [-0.25, -0.2) is 0 Å². The van der Waals surface area contributed by atoms with Crippen molar-refractivity contribution in [2.24, 2.45) is 7.05 Å². The second-order valence-corrected chi connectivity index (χ2v) is 3.00. The third-order valence-corrected chi connectivity index (χ3v) is 2.09. The molecule has 1 N–H and O–H groups in total. The van der Waals surface area contributed by atoms with Gasteiger partial charge >= 0.3 is 0 Å². The lowest BCUT2D eigenvalue weighted by Gasteiger charge is -2.14. The molecule has 0 aliphatic heterocycles. The van der Waals surface area contributed by atoms with Gasteiger partial charge in [0.15, 0.2) is 5.75 Å². The zero-order valence-electron chi connectivity index (χ0n) is 8.66. The Morgan fingerprint density at radius 2 is 2.38 bits per heavy atom. The summed E-state index contributed by atoms with van der Waals surface area (Å²) in [6.07, 6.45) is 1.74. The van der Waals surface area contributed by atoms with Crippen molar-refractivity contribution in [1.29, 1.82) is 0 Å². The summed E-state index contributed by atoms with van der Waals surface area (Å²) in [6, 6.07) is 0.271. The molecule has 0 aromatic carbocycles. The van der Waals surface area contributed by atoms with Gasteiger partial charge in [0.05, 0.1) is 25.0 Å². The maximum Gasteiger partial charge on any atom is 0.161 e. The summed E-state index contributed by atoms with van der Waals surface area (Å²) < 4.78 is 7.05. The van der Waals surface area contributed by atoms with Crippen molar-refractivity contribution in [1.82, 2.24) is 15.1 Å². The van der Waals surface area contributed by atoms with Gasteiger partial charge in [-0.3, -0.25) is 4.68 Å². The van der Waals surface area contributed by atoms with E-state index < -0.39 is 0 Å². The van der Waals surface area contributed by atoms with Crippen LogP contribution in [0.5, 0.6) is 5.75 Å². The maximum absolute atomic E-state index is 5.21. The first kappa shape index (κ1) is 10.1. The van der Waals surface area contributed by atoms with Crippen LogP contribution in [0.15, 0.2) is 6.20 Å². The zero-order valence-corrected chi connectivity index (χ0v) is 8.66. The molecule has 0 radical (unpaired) electrons. The Morgan fingerprint density at radius 1 is 1.69 bits per heavy atom. The summed E-state index contributed by atoms with van der Waals surface area (Å²) in [5, 5.41) is 7.46. The average Bonchev–Trinajstić information content (AvgIpc) is 2.47. The van der Waals surface area contributed by atoms with Crippen molar-refractivity contribution < 1.29 is 4.74 Å². The van der Waals surface area contributed by atoms with Gasteiger partial charge in [0.2, 0.25) is 0 Å². The molecule has 1 aromatic heterocycles. The normalized spacial score (nSPS) is 12.9. The third-order valence-electron chi connectivity index (χ3n) is 2.09. The van der Waals surface area contributed by atoms with Gasteiger partial charge in [-0.1, -0.05) is 6.92 Å². The second kappa shape index (κ2) is 4.28. The van der Waals surface area contributed by atoms with Crippen LogP contribution in [0, 0.1) is 0 Å². The Labute approximate surface area is 78.9 Å². The van der Waals surface area contributed by atoms with Crippen molar-refractivity contribution in [2.75, 3.05) is 13.7 Å². The molecule has 0 spiro atoms. The van der Waals surface area contributed by atoms with Gasteiger partial charge in [-0.2, -0.15) is 5.10 Å². The number of aromatic nitrogens is 2. The van der Waals surface area contributed by atoms with Crippen LogP contribution in [0.1, 0.15) is 25.6 Å². The SMILES string of the molecule is CCNC(C)c1c(OC)cnn1C.